The second-order valence-electron chi connectivity index (χ2n) is 6.99. The Morgan fingerprint density at radius 2 is 2.14 bits per heavy atom. The van der Waals surface area contributed by atoms with E-state index in [1.165, 1.54) is 6.07 Å². The molecule has 0 spiro atoms. The highest BCUT2D eigenvalue weighted by Crippen LogP contribution is 2.16. The van der Waals surface area contributed by atoms with Crippen molar-refractivity contribution in [3.8, 4) is 0 Å². The molecule has 0 bridgehead atoms. The predicted molar refractivity (Wildman–Crippen MR) is 110 cm³/mol. The Morgan fingerprint density at radius 1 is 1.28 bits per heavy atom. The van der Waals surface area contributed by atoms with Crippen molar-refractivity contribution in [2.75, 3.05) is 38.2 Å². The van der Waals surface area contributed by atoms with Crippen LogP contribution in [0.15, 0.2) is 41.5 Å². The lowest BCUT2D eigenvalue weighted by Gasteiger charge is -2.32. The molecular weight excluding hydrogens is 376 g/mol. The Hall–Kier alpha value is -2.74. The Kier molecular flexibility index (Phi) is 7.35. The fourth-order valence-corrected chi connectivity index (χ4v) is 3.23. The Labute approximate surface area is 170 Å². The number of nitrogens with one attached hydrogen (secondary N) is 2. The molecule has 1 aliphatic heterocycles. The number of morpholine rings is 1. The lowest BCUT2D eigenvalue weighted by molar-refractivity contribution is 0.0529. The first-order valence-electron chi connectivity index (χ1n) is 9.75. The molecule has 2 heterocycles. The van der Waals surface area contributed by atoms with Crippen LogP contribution in [0.1, 0.15) is 18.1 Å². The number of pyridine rings is 1. The number of ether oxygens (including phenoxy) is 1. The fourth-order valence-electron chi connectivity index (χ4n) is 3.23. The number of guanidine groups is 1. The van der Waals surface area contributed by atoms with Gasteiger partial charge in [-0.05, 0) is 54.8 Å². The number of halogens is 2. The molecule has 1 fully saturated rings. The molecule has 3 rings (SSSR count). The van der Waals surface area contributed by atoms with Crippen LogP contribution >= 0.6 is 0 Å². The standard InChI is InChI=1S/C21H27F2N5O/c1-15-14-28(9-10-29-15)20-11-16(5-7-25-20)13-27-21(24-2)26-8-6-17-12-18(22)3-4-19(17)23/h3-5,7,11-12,15H,6,8-10,13-14H2,1-2H3,(H2,24,26,27). The van der Waals surface area contributed by atoms with Crippen LogP contribution in [-0.2, 0) is 17.7 Å². The summed E-state index contributed by atoms with van der Waals surface area (Å²) in [7, 11) is 1.67. The largest absolute Gasteiger partial charge is 0.375 e. The van der Waals surface area contributed by atoms with E-state index >= 15 is 0 Å². The van der Waals surface area contributed by atoms with Crippen LogP contribution in [0.4, 0.5) is 14.6 Å². The minimum atomic E-state index is -0.438. The van der Waals surface area contributed by atoms with Crippen LogP contribution in [0.25, 0.3) is 0 Å². The van der Waals surface area contributed by atoms with E-state index in [0.717, 1.165) is 36.6 Å². The lowest BCUT2D eigenvalue weighted by Crippen LogP contribution is -2.41. The van der Waals surface area contributed by atoms with E-state index in [0.29, 0.717) is 37.6 Å². The van der Waals surface area contributed by atoms with Gasteiger partial charge in [-0.3, -0.25) is 4.99 Å². The van der Waals surface area contributed by atoms with Gasteiger partial charge in [0.2, 0.25) is 0 Å². The van der Waals surface area contributed by atoms with Crippen molar-refractivity contribution in [2.45, 2.75) is 26.0 Å². The van der Waals surface area contributed by atoms with Crippen molar-refractivity contribution < 1.29 is 13.5 Å². The van der Waals surface area contributed by atoms with Crippen molar-refractivity contribution in [1.82, 2.24) is 15.6 Å². The minimum Gasteiger partial charge on any atom is -0.375 e. The molecule has 2 aromatic rings. The zero-order chi connectivity index (χ0) is 20.6. The SMILES string of the molecule is CN=C(NCCc1cc(F)ccc1F)NCc1ccnc(N2CCOC(C)C2)c1. The van der Waals surface area contributed by atoms with E-state index in [9.17, 15) is 8.78 Å². The molecule has 0 amide bonds. The van der Waals surface area contributed by atoms with Gasteiger partial charge in [0, 0.05) is 39.4 Å². The minimum absolute atomic E-state index is 0.193. The van der Waals surface area contributed by atoms with E-state index < -0.39 is 11.6 Å². The van der Waals surface area contributed by atoms with Crippen LogP contribution < -0.4 is 15.5 Å². The summed E-state index contributed by atoms with van der Waals surface area (Å²) in [6, 6.07) is 7.50. The fraction of sp³-hybridized carbons (Fsp3) is 0.429. The first-order chi connectivity index (χ1) is 14.0. The van der Waals surface area contributed by atoms with Gasteiger partial charge >= 0.3 is 0 Å². The van der Waals surface area contributed by atoms with Crippen molar-refractivity contribution in [3.63, 3.8) is 0 Å². The lowest BCUT2D eigenvalue weighted by atomic mass is 10.1. The van der Waals surface area contributed by atoms with Crippen LogP contribution in [0.5, 0.6) is 0 Å². The van der Waals surface area contributed by atoms with Gasteiger partial charge in [0.1, 0.15) is 17.5 Å². The average Bonchev–Trinajstić information content (AvgIpc) is 2.73. The van der Waals surface area contributed by atoms with Gasteiger partial charge in [0.15, 0.2) is 5.96 Å². The second kappa shape index (κ2) is 10.2. The number of aliphatic imine (C=N–C) groups is 1. The number of benzene rings is 1. The van der Waals surface area contributed by atoms with E-state index in [-0.39, 0.29) is 6.10 Å². The average molecular weight is 403 g/mol. The Balaban J connectivity index is 1.50. The van der Waals surface area contributed by atoms with Gasteiger partial charge in [-0.25, -0.2) is 13.8 Å². The number of hydrogen-bond acceptors (Lipinski definition) is 4. The monoisotopic (exact) mass is 403 g/mol. The highest BCUT2D eigenvalue weighted by Gasteiger charge is 2.18. The van der Waals surface area contributed by atoms with Gasteiger partial charge in [0.25, 0.3) is 0 Å². The quantitative estimate of drug-likeness (QED) is 0.573. The number of aromatic nitrogens is 1. The smallest absolute Gasteiger partial charge is 0.191 e. The van der Waals surface area contributed by atoms with Gasteiger partial charge < -0.3 is 20.3 Å². The number of hydrogen-bond donors (Lipinski definition) is 2. The normalized spacial score (nSPS) is 17.3. The van der Waals surface area contributed by atoms with E-state index in [2.05, 4.69) is 38.5 Å². The third-order valence-electron chi connectivity index (χ3n) is 4.75. The third kappa shape index (κ3) is 6.12. The van der Waals surface area contributed by atoms with E-state index in [1.807, 2.05) is 6.07 Å². The van der Waals surface area contributed by atoms with Crippen LogP contribution in [0.3, 0.4) is 0 Å². The molecule has 29 heavy (non-hydrogen) atoms. The number of nitrogens with zero attached hydrogens (tertiary/aromatic N) is 3. The van der Waals surface area contributed by atoms with Crippen LogP contribution in [0.2, 0.25) is 0 Å². The number of anilines is 1. The Morgan fingerprint density at radius 3 is 2.93 bits per heavy atom. The van der Waals surface area contributed by atoms with Crippen LogP contribution in [0, 0.1) is 11.6 Å². The van der Waals surface area contributed by atoms with Crippen molar-refractivity contribution >= 4 is 11.8 Å². The summed E-state index contributed by atoms with van der Waals surface area (Å²) in [6.07, 6.45) is 2.35. The highest BCUT2D eigenvalue weighted by atomic mass is 19.1. The molecule has 1 aliphatic rings. The molecule has 6 nitrogen and oxygen atoms in total. The van der Waals surface area contributed by atoms with Crippen molar-refractivity contribution in [2.24, 2.45) is 4.99 Å². The number of rotatable bonds is 6. The van der Waals surface area contributed by atoms with Gasteiger partial charge in [-0.2, -0.15) is 0 Å². The highest BCUT2D eigenvalue weighted by molar-refractivity contribution is 5.79. The molecule has 1 saturated heterocycles. The maximum atomic E-state index is 13.7. The van der Waals surface area contributed by atoms with Gasteiger partial charge in [-0.1, -0.05) is 0 Å². The first kappa shape index (κ1) is 21.0. The molecule has 0 radical (unpaired) electrons. The molecule has 0 saturated carbocycles. The molecule has 8 heteroatoms. The van der Waals surface area contributed by atoms with E-state index in [1.54, 1.807) is 13.2 Å². The molecule has 156 valence electrons. The molecule has 1 atom stereocenters. The second-order valence-corrected chi connectivity index (χ2v) is 6.99. The molecular formula is C21H27F2N5O. The molecule has 0 aliphatic carbocycles. The summed E-state index contributed by atoms with van der Waals surface area (Å²) in [5.41, 5.74) is 1.42. The van der Waals surface area contributed by atoms with Gasteiger partial charge in [-0.15, -0.1) is 0 Å². The maximum Gasteiger partial charge on any atom is 0.191 e. The van der Waals surface area contributed by atoms with Gasteiger partial charge in [0.05, 0.1) is 12.7 Å². The summed E-state index contributed by atoms with van der Waals surface area (Å²) in [6.45, 7) is 5.42. The van der Waals surface area contributed by atoms with Crippen LogP contribution in [-0.4, -0.2) is 50.3 Å². The van der Waals surface area contributed by atoms with Crippen molar-refractivity contribution in [1.29, 1.82) is 0 Å². The summed E-state index contributed by atoms with van der Waals surface area (Å²) in [5.74, 6) is 0.689. The zero-order valence-electron chi connectivity index (χ0n) is 16.8. The Bertz CT molecular complexity index is 846. The summed E-state index contributed by atoms with van der Waals surface area (Å²) in [5, 5.41) is 6.36. The predicted octanol–water partition coefficient (Wildman–Crippen LogP) is 2.49. The van der Waals surface area contributed by atoms with Crippen molar-refractivity contribution in [3.05, 3.63) is 59.3 Å². The third-order valence-corrected chi connectivity index (χ3v) is 4.75. The molecule has 1 aromatic heterocycles. The van der Waals surface area contributed by atoms with E-state index in [4.69, 9.17) is 4.74 Å². The topological polar surface area (TPSA) is 61.8 Å². The summed E-state index contributed by atoms with van der Waals surface area (Å²) >= 11 is 0. The maximum absolute atomic E-state index is 13.7. The summed E-state index contributed by atoms with van der Waals surface area (Å²) in [4.78, 5) is 10.9. The molecule has 2 N–H and O–H groups in total. The molecule has 1 aromatic carbocycles. The summed E-state index contributed by atoms with van der Waals surface area (Å²) < 4.78 is 32.5. The molecule has 1 unspecified atom stereocenters. The zero-order valence-corrected chi connectivity index (χ0v) is 16.8. The first-order valence-corrected chi connectivity index (χ1v) is 9.75.